The van der Waals surface area contributed by atoms with Crippen molar-refractivity contribution in [2.75, 3.05) is 18.8 Å². The lowest BCUT2D eigenvalue weighted by Crippen LogP contribution is -2.45. The zero-order valence-electron chi connectivity index (χ0n) is 11.5. The van der Waals surface area contributed by atoms with Gasteiger partial charge in [-0.3, -0.25) is 0 Å². The molecule has 20 heavy (non-hydrogen) atoms. The van der Waals surface area contributed by atoms with Crippen LogP contribution in [0.25, 0.3) is 0 Å². The third-order valence-electron chi connectivity index (χ3n) is 4.21. The first-order chi connectivity index (χ1) is 9.60. The van der Waals surface area contributed by atoms with Gasteiger partial charge in [0.25, 0.3) is 0 Å². The van der Waals surface area contributed by atoms with Crippen molar-refractivity contribution in [3.63, 3.8) is 0 Å². The highest BCUT2D eigenvalue weighted by atomic mass is 32.2. The Hall–Kier alpha value is -1.05. The molecule has 0 radical (unpaired) electrons. The van der Waals surface area contributed by atoms with Crippen LogP contribution in [0.15, 0.2) is 18.6 Å². The standard InChI is InChI=1S/C13H19N3O3S/c1-2-20(17,18)16-6-4-10-7-12(19-13(10)8-16)11-3-5-14-9-15-11/h3,5,9-10,12-13H,2,4,6-8H2,1H3/t10-,12+,13+/m0/s1. The molecule has 1 aromatic heterocycles. The highest BCUT2D eigenvalue weighted by molar-refractivity contribution is 7.89. The third kappa shape index (κ3) is 2.57. The van der Waals surface area contributed by atoms with E-state index in [0.717, 1.165) is 18.5 Å². The summed E-state index contributed by atoms with van der Waals surface area (Å²) < 4.78 is 31.5. The van der Waals surface area contributed by atoms with Crippen molar-refractivity contribution >= 4 is 10.0 Å². The van der Waals surface area contributed by atoms with Crippen molar-refractivity contribution in [2.24, 2.45) is 5.92 Å². The fourth-order valence-corrected chi connectivity index (χ4v) is 4.14. The average Bonchev–Trinajstić information content (AvgIpc) is 2.91. The number of rotatable bonds is 3. The van der Waals surface area contributed by atoms with Crippen LogP contribution in [-0.4, -0.2) is 47.6 Å². The molecule has 7 heteroatoms. The normalized spacial score (nSPS) is 31.1. The average molecular weight is 297 g/mol. The van der Waals surface area contributed by atoms with Gasteiger partial charge >= 0.3 is 0 Å². The summed E-state index contributed by atoms with van der Waals surface area (Å²) >= 11 is 0. The van der Waals surface area contributed by atoms with Gasteiger partial charge in [-0.25, -0.2) is 18.4 Å². The summed E-state index contributed by atoms with van der Waals surface area (Å²) in [4.78, 5) is 8.14. The monoisotopic (exact) mass is 297 g/mol. The summed E-state index contributed by atoms with van der Waals surface area (Å²) in [6.07, 6.45) is 4.98. The molecular formula is C13H19N3O3S. The molecule has 6 nitrogen and oxygen atoms in total. The van der Waals surface area contributed by atoms with Crippen molar-refractivity contribution in [3.8, 4) is 0 Å². The lowest BCUT2D eigenvalue weighted by molar-refractivity contribution is 0.00863. The second kappa shape index (κ2) is 5.38. The SMILES string of the molecule is CCS(=O)(=O)N1CC[C@H]2C[C@H](c3ccncn3)O[C@@H]2C1. The number of fused-ring (bicyclic) bond motifs is 1. The Morgan fingerprint density at radius 2 is 2.35 bits per heavy atom. The van der Waals surface area contributed by atoms with Crippen LogP contribution in [0.1, 0.15) is 31.6 Å². The van der Waals surface area contributed by atoms with Crippen LogP contribution in [0.2, 0.25) is 0 Å². The molecule has 0 spiro atoms. The number of ether oxygens (including phenoxy) is 1. The van der Waals surface area contributed by atoms with E-state index in [1.54, 1.807) is 17.4 Å². The van der Waals surface area contributed by atoms with E-state index >= 15 is 0 Å². The maximum atomic E-state index is 11.9. The minimum atomic E-state index is -3.11. The Morgan fingerprint density at radius 3 is 3.05 bits per heavy atom. The van der Waals surface area contributed by atoms with Crippen molar-refractivity contribution in [1.29, 1.82) is 0 Å². The lowest BCUT2D eigenvalue weighted by atomic mass is 9.92. The molecular weight excluding hydrogens is 278 g/mol. The van der Waals surface area contributed by atoms with E-state index < -0.39 is 10.0 Å². The van der Waals surface area contributed by atoms with Gasteiger partial charge in [0.05, 0.1) is 17.6 Å². The summed E-state index contributed by atoms with van der Waals surface area (Å²) in [7, 11) is -3.11. The fourth-order valence-electron chi connectivity index (χ4n) is 3.02. The Kier molecular flexibility index (Phi) is 3.74. The summed E-state index contributed by atoms with van der Waals surface area (Å²) in [6.45, 7) is 2.76. The molecule has 0 unspecified atom stereocenters. The van der Waals surface area contributed by atoms with Crippen LogP contribution in [0.3, 0.4) is 0 Å². The van der Waals surface area contributed by atoms with Crippen molar-refractivity contribution < 1.29 is 13.2 Å². The number of aromatic nitrogens is 2. The molecule has 110 valence electrons. The maximum Gasteiger partial charge on any atom is 0.213 e. The Labute approximate surface area is 119 Å². The van der Waals surface area contributed by atoms with Gasteiger partial charge in [0.2, 0.25) is 10.0 Å². The van der Waals surface area contributed by atoms with Gasteiger partial charge in [-0.15, -0.1) is 0 Å². The number of nitrogens with zero attached hydrogens (tertiary/aromatic N) is 3. The molecule has 3 rings (SSSR count). The van der Waals surface area contributed by atoms with Crippen LogP contribution in [0, 0.1) is 5.92 Å². The quantitative estimate of drug-likeness (QED) is 0.831. The molecule has 3 heterocycles. The molecule has 0 N–H and O–H groups in total. The summed E-state index contributed by atoms with van der Waals surface area (Å²) in [6, 6.07) is 1.86. The van der Waals surface area contributed by atoms with E-state index in [2.05, 4.69) is 9.97 Å². The highest BCUT2D eigenvalue weighted by Crippen LogP contribution is 2.40. The van der Waals surface area contributed by atoms with E-state index in [4.69, 9.17) is 4.74 Å². The van der Waals surface area contributed by atoms with Crippen molar-refractivity contribution in [2.45, 2.75) is 32.0 Å². The van der Waals surface area contributed by atoms with E-state index in [9.17, 15) is 8.42 Å². The zero-order chi connectivity index (χ0) is 14.2. The molecule has 0 bridgehead atoms. The van der Waals surface area contributed by atoms with Gasteiger partial charge in [-0.05, 0) is 31.7 Å². The van der Waals surface area contributed by atoms with Crippen molar-refractivity contribution in [3.05, 3.63) is 24.3 Å². The topological polar surface area (TPSA) is 72.4 Å². The fraction of sp³-hybridized carbons (Fsp3) is 0.692. The molecule has 0 amide bonds. The number of hydrogen-bond donors (Lipinski definition) is 0. The second-order valence-corrected chi connectivity index (χ2v) is 7.60. The molecule has 1 aromatic rings. The predicted molar refractivity (Wildman–Crippen MR) is 73.4 cm³/mol. The number of sulfonamides is 1. The van der Waals surface area contributed by atoms with Gasteiger partial charge in [0.1, 0.15) is 12.4 Å². The molecule has 0 aromatic carbocycles. The molecule has 2 aliphatic heterocycles. The molecule has 3 atom stereocenters. The predicted octanol–water partition coefficient (Wildman–Crippen LogP) is 0.978. The lowest BCUT2D eigenvalue weighted by Gasteiger charge is -2.32. The maximum absolute atomic E-state index is 11.9. The minimum Gasteiger partial charge on any atom is -0.367 e. The second-order valence-electron chi connectivity index (χ2n) is 5.34. The number of hydrogen-bond acceptors (Lipinski definition) is 5. The summed E-state index contributed by atoms with van der Waals surface area (Å²) in [5.41, 5.74) is 0.888. The molecule has 0 saturated carbocycles. The minimum absolute atomic E-state index is 0.00922. The van der Waals surface area contributed by atoms with Crippen LogP contribution in [-0.2, 0) is 14.8 Å². The van der Waals surface area contributed by atoms with Gasteiger partial charge in [-0.1, -0.05) is 0 Å². The first-order valence-electron chi connectivity index (χ1n) is 6.99. The zero-order valence-corrected chi connectivity index (χ0v) is 12.3. The Bertz CT molecular complexity index is 563. The van der Waals surface area contributed by atoms with E-state index in [0.29, 0.717) is 19.0 Å². The number of piperidine rings is 1. The van der Waals surface area contributed by atoms with Crippen LogP contribution in [0.5, 0.6) is 0 Å². The molecule has 2 saturated heterocycles. The van der Waals surface area contributed by atoms with E-state index in [1.807, 2.05) is 6.07 Å². The van der Waals surface area contributed by atoms with Crippen LogP contribution >= 0.6 is 0 Å². The van der Waals surface area contributed by atoms with Gasteiger partial charge < -0.3 is 4.74 Å². The first-order valence-corrected chi connectivity index (χ1v) is 8.60. The summed E-state index contributed by atoms with van der Waals surface area (Å²) in [5, 5.41) is 0. The Morgan fingerprint density at radius 1 is 1.50 bits per heavy atom. The summed E-state index contributed by atoms with van der Waals surface area (Å²) in [5.74, 6) is 0.581. The van der Waals surface area contributed by atoms with Crippen LogP contribution < -0.4 is 0 Å². The molecule has 0 aliphatic carbocycles. The highest BCUT2D eigenvalue weighted by Gasteiger charge is 2.42. The molecule has 2 fully saturated rings. The van der Waals surface area contributed by atoms with Crippen molar-refractivity contribution in [1.82, 2.24) is 14.3 Å². The van der Waals surface area contributed by atoms with Crippen LogP contribution in [0.4, 0.5) is 0 Å². The first kappa shape index (κ1) is 13.9. The smallest absolute Gasteiger partial charge is 0.213 e. The van der Waals surface area contributed by atoms with E-state index in [-0.39, 0.29) is 18.0 Å². The van der Waals surface area contributed by atoms with Gasteiger partial charge in [0.15, 0.2) is 0 Å². The molecule has 2 aliphatic rings. The third-order valence-corrected chi connectivity index (χ3v) is 6.06. The van der Waals surface area contributed by atoms with Gasteiger partial charge in [0, 0.05) is 19.3 Å². The van der Waals surface area contributed by atoms with Gasteiger partial charge in [-0.2, -0.15) is 4.31 Å². The van der Waals surface area contributed by atoms with E-state index in [1.165, 1.54) is 6.33 Å². The largest absolute Gasteiger partial charge is 0.367 e. The Balaban J connectivity index is 1.71.